The highest BCUT2D eigenvalue weighted by molar-refractivity contribution is 7.26. The summed E-state index contributed by atoms with van der Waals surface area (Å²) in [7, 11) is 0. The fraction of sp³-hybridized carbons (Fsp3) is 0.288. The third-order valence-corrected chi connectivity index (χ3v) is 14.3. The van der Waals surface area contributed by atoms with Gasteiger partial charge in [0.05, 0.1) is 21.8 Å². The van der Waals surface area contributed by atoms with Gasteiger partial charge in [-0.1, -0.05) is 173 Å². The van der Waals surface area contributed by atoms with Gasteiger partial charge < -0.3 is 21.5 Å². The molecule has 2 saturated carbocycles. The average Bonchev–Trinajstić information content (AvgIpc) is 3.75. The first-order valence-corrected chi connectivity index (χ1v) is 24.6. The Morgan fingerprint density at radius 3 is 1.75 bits per heavy atom. The Hall–Kier alpha value is -6.04. The molecular weight excluding hydrogens is 797 g/mol. The summed E-state index contributed by atoms with van der Waals surface area (Å²) in [4.78, 5) is 0. The minimum absolute atomic E-state index is 0.481. The number of allylic oxidation sites excluding steroid dienone is 7. The normalized spacial score (nSPS) is 16.4. The van der Waals surface area contributed by atoms with Gasteiger partial charge >= 0.3 is 0 Å². The van der Waals surface area contributed by atoms with Crippen LogP contribution in [-0.4, -0.2) is 11.4 Å². The van der Waals surface area contributed by atoms with E-state index < -0.39 is 0 Å². The van der Waals surface area contributed by atoms with Gasteiger partial charge in [-0.05, 0) is 127 Å². The van der Waals surface area contributed by atoms with Gasteiger partial charge in [-0.2, -0.15) is 0 Å². The van der Waals surface area contributed by atoms with E-state index in [1.165, 1.54) is 95.5 Å². The number of thiophene rings is 1. The summed E-state index contributed by atoms with van der Waals surface area (Å²) in [5.74, 6) is 1.03. The first-order chi connectivity index (χ1) is 31.5. The lowest BCUT2D eigenvalue weighted by Crippen LogP contribution is -2.08. The Labute approximate surface area is 385 Å². The second kappa shape index (κ2) is 22.0. The highest BCUT2D eigenvalue weighted by Crippen LogP contribution is 2.50. The topological polar surface area (TPSA) is 71.8 Å². The number of rotatable bonds is 13. The third kappa shape index (κ3) is 10.8. The van der Waals surface area contributed by atoms with Crippen LogP contribution >= 0.6 is 11.3 Å². The van der Waals surface area contributed by atoms with Gasteiger partial charge in [0.2, 0.25) is 0 Å². The molecule has 0 aliphatic heterocycles. The van der Waals surface area contributed by atoms with Crippen molar-refractivity contribution in [1.82, 2.24) is 0 Å². The summed E-state index contributed by atoms with van der Waals surface area (Å²) in [6.07, 6.45) is 30.8. The van der Waals surface area contributed by atoms with Crippen molar-refractivity contribution >= 4 is 60.0 Å². The van der Waals surface area contributed by atoms with E-state index in [0.717, 1.165) is 64.3 Å². The number of fused-ring (bicyclic) bond motifs is 3. The van der Waals surface area contributed by atoms with Gasteiger partial charge in [0, 0.05) is 32.6 Å². The molecule has 0 radical (unpaired) electrons. The van der Waals surface area contributed by atoms with E-state index in [0.29, 0.717) is 23.3 Å². The third-order valence-electron chi connectivity index (χ3n) is 13.0. The number of nitrogens with one attached hydrogen (secondary N) is 4. The molecule has 0 bridgehead atoms. The number of anilines is 2. The molecule has 1 heterocycles. The van der Waals surface area contributed by atoms with Crippen molar-refractivity contribution in [2.24, 2.45) is 0 Å². The second-order valence-corrected chi connectivity index (χ2v) is 18.5. The number of hydrogen-bond donors (Lipinski definition) is 4. The summed E-state index contributed by atoms with van der Waals surface area (Å²) < 4.78 is 2.71. The molecule has 3 aliphatic carbocycles. The van der Waals surface area contributed by atoms with E-state index in [9.17, 15) is 0 Å². The predicted octanol–water partition coefficient (Wildman–Crippen LogP) is 17.3. The SMILES string of the molecule is C/C=C\CC.N=C(/C=C(\Nc1ccc(C2CCCCC2)c2c1sc1c(C3CCCCC3)cc(N/C(=C\C(=N)c3ccccc3)c3ccccc3)cc12)C1=CCCC=C1)c1ccccc1. The summed E-state index contributed by atoms with van der Waals surface area (Å²) in [5, 5.41) is 28.9. The Morgan fingerprint density at radius 2 is 1.20 bits per heavy atom. The van der Waals surface area contributed by atoms with Gasteiger partial charge in [-0.3, -0.25) is 0 Å². The second-order valence-electron chi connectivity index (χ2n) is 17.5. The van der Waals surface area contributed by atoms with Gasteiger partial charge in [0.1, 0.15) is 0 Å². The zero-order valence-electron chi connectivity index (χ0n) is 37.8. The van der Waals surface area contributed by atoms with E-state index in [2.05, 4.69) is 103 Å². The monoisotopic (exact) mass is 860 g/mol. The molecule has 5 aromatic carbocycles. The molecule has 0 spiro atoms. The van der Waals surface area contributed by atoms with E-state index >= 15 is 0 Å². The molecule has 5 heteroatoms. The fourth-order valence-corrected chi connectivity index (χ4v) is 11.1. The van der Waals surface area contributed by atoms with Crippen molar-refractivity contribution in [2.45, 2.75) is 109 Å². The van der Waals surface area contributed by atoms with Crippen LogP contribution in [0.5, 0.6) is 0 Å². The molecule has 6 aromatic rings. The van der Waals surface area contributed by atoms with Gasteiger partial charge in [0.25, 0.3) is 0 Å². The Kier molecular flexibility index (Phi) is 15.3. The summed E-state index contributed by atoms with van der Waals surface area (Å²) in [6, 6.07) is 40.2. The average molecular weight is 861 g/mol. The molecule has 0 saturated heterocycles. The number of hydrogen-bond acceptors (Lipinski definition) is 5. The predicted molar refractivity (Wildman–Crippen MR) is 279 cm³/mol. The highest BCUT2D eigenvalue weighted by atomic mass is 32.1. The van der Waals surface area contributed by atoms with Crippen molar-refractivity contribution in [1.29, 1.82) is 10.8 Å². The number of benzene rings is 5. The maximum Gasteiger partial charge on any atom is 0.0633 e. The standard InChI is InChI=1S/C54H54N4S.C5H10/c55-47(39-23-11-3-12-24-39)35-50(41-27-15-5-16-28-41)57-43-33-45(38-21-9-2-10-22-38)53-46(34-43)52-44(37-19-7-1-8-20-37)31-32-49(54(52)59-53)58-51(42-29-17-6-18-30-42)36-48(56)40-25-13-4-14-26-40;1-3-5-4-2/h3-5,11-17,23-38,55-58H,1-2,6-10,18-22H2;3,5H,4H2,1-2H3/b50-35-,51-36-,55-47?,56-48?;5-3-. The highest BCUT2D eigenvalue weighted by Gasteiger charge is 2.26. The van der Waals surface area contributed by atoms with E-state index in [4.69, 9.17) is 10.8 Å². The quantitative estimate of drug-likeness (QED) is 0.0690. The van der Waals surface area contributed by atoms with Gasteiger partial charge in [0.15, 0.2) is 0 Å². The molecule has 326 valence electrons. The molecule has 2 fully saturated rings. The molecular formula is C59H64N4S. The molecule has 9 rings (SSSR count). The van der Waals surface area contributed by atoms with Crippen LogP contribution in [-0.2, 0) is 0 Å². The Morgan fingerprint density at radius 1 is 0.625 bits per heavy atom. The maximum absolute atomic E-state index is 9.15. The van der Waals surface area contributed by atoms with Crippen LogP contribution in [0.1, 0.15) is 137 Å². The lowest BCUT2D eigenvalue weighted by Gasteiger charge is -2.25. The molecule has 4 N–H and O–H groups in total. The van der Waals surface area contributed by atoms with Crippen molar-refractivity contribution in [3.8, 4) is 0 Å². The lowest BCUT2D eigenvalue weighted by molar-refractivity contribution is 0.445. The lowest BCUT2D eigenvalue weighted by atomic mass is 9.81. The minimum atomic E-state index is 0.481. The van der Waals surface area contributed by atoms with E-state index in [1.807, 2.05) is 91.1 Å². The molecule has 64 heavy (non-hydrogen) atoms. The zero-order valence-corrected chi connectivity index (χ0v) is 38.6. The smallest absolute Gasteiger partial charge is 0.0633 e. The van der Waals surface area contributed by atoms with Gasteiger partial charge in [-0.15, -0.1) is 11.3 Å². The first-order valence-electron chi connectivity index (χ1n) is 23.8. The molecule has 0 unspecified atom stereocenters. The molecule has 4 nitrogen and oxygen atoms in total. The van der Waals surface area contributed by atoms with Crippen LogP contribution in [0.15, 0.2) is 169 Å². The van der Waals surface area contributed by atoms with Crippen LogP contribution in [0.2, 0.25) is 0 Å². The summed E-state index contributed by atoms with van der Waals surface area (Å²) in [5.41, 5.74) is 12.0. The van der Waals surface area contributed by atoms with Crippen LogP contribution in [0.3, 0.4) is 0 Å². The Balaban J connectivity index is 0.00000106. The van der Waals surface area contributed by atoms with Crippen LogP contribution in [0.4, 0.5) is 11.4 Å². The van der Waals surface area contributed by atoms with Crippen LogP contribution in [0.25, 0.3) is 25.9 Å². The van der Waals surface area contributed by atoms with Crippen LogP contribution < -0.4 is 10.6 Å². The van der Waals surface area contributed by atoms with Crippen LogP contribution in [0, 0.1) is 10.8 Å². The fourth-order valence-electron chi connectivity index (χ4n) is 9.72. The van der Waals surface area contributed by atoms with Crippen molar-refractivity contribution < 1.29 is 0 Å². The van der Waals surface area contributed by atoms with Crippen molar-refractivity contribution in [3.63, 3.8) is 0 Å². The van der Waals surface area contributed by atoms with Gasteiger partial charge in [-0.25, -0.2) is 0 Å². The zero-order chi connectivity index (χ0) is 44.1. The van der Waals surface area contributed by atoms with E-state index in [-0.39, 0.29) is 0 Å². The Bertz CT molecular complexity index is 2690. The largest absolute Gasteiger partial charge is 0.355 e. The summed E-state index contributed by atoms with van der Waals surface area (Å²) >= 11 is 1.97. The minimum Gasteiger partial charge on any atom is -0.355 e. The molecule has 0 amide bonds. The van der Waals surface area contributed by atoms with Crippen molar-refractivity contribution in [2.75, 3.05) is 10.6 Å². The maximum atomic E-state index is 9.15. The molecule has 1 aromatic heterocycles. The van der Waals surface area contributed by atoms with E-state index in [1.54, 1.807) is 0 Å². The first kappa shape index (κ1) is 44.6. The molecule has 0 atom stereocenters. The summed E-state index contributed by atoms with van der Waals surface area (Å²) in [6.45, 7) is 4.16. The molecule has 3 aliphatic rings. The van der Waals surface area contributed by atoms with Crippen molar-refractivity contribution in [3.05, 3.63) is 197 Å².